The molecule has 18 heavy (non-hydrogen) atoms. The van der Waals surface area contributed by atoms with Crippen LogP contribution >= 0.6 is 0 Å². The van der Waals surface area contributed by atoms with Crippen molar-refractivity contribution in [3.05, 3.63) is 29.8 Å². The Hall–Kier alpha value is -1.02. The van der Waals surface area contributed by atoms with Crippen LogP contribution in [0.3, 0.4) is 0 Å². The lowest BCUT2D eigenvalue weighted by atomic mass is 9.87. The van der Waals surface area contributed by atoms with Crippen LogP contribution in [-0.4, -0.2) is 19.8 Å². The number of benzene rings is 1. The first-order valence-corrected chi connectivity index (χ1v) is 7.13. The molecule has 0 amide bonds. The monoisotopic (exact) mass is 247 g/mol. The maximum atomic E-state index is 5.18. The summed E-state index contributed by atoms with van der Waals surface area (Å²) in [5.41, 5.74) is 2.67. The molecule has 0 bridgehead atoms. The third-order valence-corrected chi connectivity index (χ3v) is 3.89. The summed E-state index contributed by atoms with van der Waals surface area (Å²) in [5.74, 6) is 0.863. The number of methoxy groups -OCH3 is 1. The second-order valence-electron chi connectivity index (χ2n) is 5.51. The molecule has 0 aliphatic heterocycles. The predicted octanol–water partition coefficient (Wildman–Crippen LogP) is 3.87. The van der Waals surface area contributed by atoms with Crippen molar-refractivity contribution >= 4 is 5.69 Å². The molecule has 0 saturated heterocycles. The van der Waals surface area contributed by atoms with Gasteiger partial charge in [0.1, 0.15) is 0 Å². The van der Waals surface area contributed by atoms with Gasteiger partial charge in [-0.1, -0.05) is 38.0 Å². The molecule has 2 heteroatoms. The highest BCUT2D eigenvalue weighted by Gasteiger charge is 2.19. The Morgan fingerprint density at radius 2 is 2.11 bits per heavy atom. The van der Waals surface area contributed by atoms with Crippen LogP contribution in [-0.2, 0) is 11.2 Å². The summed E-state index contributed by atoms with van der Waals surface area (Å²) in [7, 11) is 1.76. The largest absolute Gasteiger partial charge is 0.384 e. The maximum absolute atomic E-state index is 5.18. The molecule has 2 nitrogen and oxygen atoms in total. The fourth-order valence-corrected chi connectivity index (χ4v) is 2.88. The number of para-hydroxylation sites is 1. The molecule has 1 aromatic carbocycles. The van der Waals surface area contributed by atoms with E-state index in [4.69, 9.17) is 4.74 Å². The maximum Gasteiger partial charge on any atom is 0.0503 e. The van der Waals surface area contributed by atoms with Gasteiger partial charge in [0.05, 0.1) is 6.61 Å². The number of ether oxygens (including phenoxy) is 1. The van der Waals surface area contributed by atoms with Gasteiger partial charge in [-0.15, -0.1) is 0 Å². The summed E-state index contributed by atoms with van der Waals surface area (Å²) < 4.78 is 5.18. The normalized spacial score (nSPS) is 23.9. The predicted molar refractivity (Wildman–Crippen MR) is 77.1 cm³/mol. The van der Waals surface area contributed by atoms with E-state index in [1.54, 1.807) is 7.11 Å². The van der Waals surface area contributed by atoms with Crippen LogP contribution in [0.5, 0.6) is 0 Å². The molecular weight excluding hydrogens is 222 g/mol. The average Bonchev–Trinajstić information content (AvgIpc) is 2.38. The van der Waals surface area contributed by atoms with Crippen LogP contribution in [0.2, 0.25) is 0 Å². The molecule has 1 aromatic rings. The van der Waals surface area contributed by atoms with Crippen LogP contribution in [0.1, 0.15) is 38.2 Å². The molecule has 0 heterocycles. The zero-order chi connectivity index (χ0) is 12.8. The number of hydrogen-bond donors (Lipinski definition) is 1. The van der Waals surface area contributed by atoms with Crippen molar-refractivity contribution in [3.8, 4) is 0 Å². The Kier molecular flexibility index (Phi) is 5.06. The van der Waals surface area contributed by atoms with Crippen LogP contribution in [0, 0.1) is 5.92 Å². The number of rotatable bonds is 5. The lowest BCUT2D eigenvalue weighted by Crippen LogP contribution is -2.26. The lowest BCUT2D eigenvalue weighted by molar-refractivity contribution is 0.202. The van der Waals surface area contributed by atoms with Crippen LogP contribution in [0.15, 0.2) is 24.3 Å². The van der Waals surface area contributed by atoms with Crippen molar-refractivity contribution in [1.82, 2.24) is 0 Å². The minimum Gasteiger partial charge on any atom is -0.384 e. The van der Waals surface area contributed by atoms with Gasteiger partial charge < -0.3 is 10.1 Å². The standard InChI is InChI=1S/C16H25NO/c1-13-6-5-8-15(12-13)17-16-9-4-3-7-14(16)10-11-18-2/h3-4,7,9,13,15,17H,5-6,8,10-12H2,1-2H3. The van der Waals surface area contributed by atoms with E-state index in [-0.39, 0.29) is 0 Å². The van der Waals surface area contributed by atoms with Gasteiger partial charge in [-0.05, 0) is 36.8 Å². The fraction of sp³-hybridized carbons (Fsp3) is 0.625. The molecular formula is C16H25NO. The van der Waals surface area contributed by atoms with Crippen molar-refractivity contribution in [2.24, 2.45) is 5.92 Å². The van der Waals surface area contributed by atoms with Gasteiger partial charge in [-0.2, -0.15) is 0 Å². The topological polar surface area (TPSA) is 21.3 Å². The van der Waals surface area contributed by atoms with E-state index in [1.165, 1.54) is 36.9 Å². The quantitative estimate of drug-likeness (QED) is 0.853. The Bertz CT molecular complexity index is 364. The van der Waals surface area contributed by atoms with Crippen LogP contribution in [0.4, 0.5) is 5.69 Å². The molecule has 1 aliphatic carbocycles. The van der Waals surface area contributed by atoms with E-state index in [0.29, 0.717) is 6.04 Å². The zero-order valence-corrected chi connectivity index (χ0v) is 11.6. The Morgan fingerprint density at radius 1 is 1.28 bits per heavy atom. The highest BCUT2D eigenvalue weighted by atomic mass is 16.5. The van der Waals surface area contributed by atoms with E-state index >= 15 is 0 Å². The summed E-state index contributed by atoms with van der Waals surface area (Å²) in [4.78, 5) is 0. The second-order valence-corrected chi connectivity index (χ2v) is 5.51. The Morgan fingerprint density at radius 3 is 2.89 bits per heavy atom. The summed E-state index contributed by atoms with van der Waals surface area (Å²) in [6, 6.07) is 9.28. The first-order chi connectivity index (χ1) is 8.79. The second kappa shape index (κ2) is 6.79. The molecule has 2 atom stereocenters. The summed E-state index contributed by atoms with van der Waals surface area (Å²) in [5, 5.41) is 3.73. The molecule has 1 N–H and O–H groups in total. The lowest BCUT2D eigenvalue weighted by Gasteiger charge is -2.29. The van der Waals surface area contributed by atoms with Gasteiger partial charge in [0.25, 0.3) is 0 Å². The zero-order valence-electron chi connectivity index (χ0n) is 11.6. The molecule has 0 radical (unpaired) electrons. The van der Waals surface area contributed by atoms with Crippen molar-refractivity contribution in [2.75, 3.05) is 19.0 Å². The molecule has 0 spiro atoms. The van der Waals surface area contributed by atoms with Crippen LogP contribution in [0.25, 0.3) is 0 Å². The smallest absolute Gasteiger partial charge is 0.0503 e. The van der Waals surface area contributed by atoms with E-state index < -0.39 is 0 Å². The first kappa shape index (κ1) is 13.4. The number of anilines is 1. The minimum absolute atomic E-state index is 0.650. The highest BCUT2D eigenvalue weighted by molar-refractivity contribution is 5.52. The minimum atomic E-state index is 0.650. The molecule has 0 aromatic heterocycles. The Balaban J connectivity index is 1.99. The van der Waals surface area contributed by atoms with Gasteiger partial charge in [-0.3, -0.25) is 0 Å². The molecule has 1 fully saturated rings. The van der Waals surface area contributed by atoms with E-state index in [0.717, 1.165) is 18.9 Å². The third-order valence-electron chi connectivity index (χ3n) is 3.89. The summed E-state index contributed by atoms with van der Waals surface area (Å²) in [6.45, 7) is 3.16. The molecule has 2 unspecified atom stereocenters. The average molecular weight is 247 g/mol. The van der Waals surface area contributed by atoms with Gasteiger partial charge in [0, 0.05) is 18.8 Å². The van der Waals surface area contributed by atoms with Gasteiger partial charge >= 0.3 is 0 Å². The number of hydrogen-bond acceptors (Lipinski definition) is 2. The third kappa shape index (κ3) is 3.74. The van der Waals surface area contributed by atoms with E-state index in [2.05, 4.69) is 36.5 Å². The summed E-state index contributed by atoms with van der Waals surface area (Å²) >= 11 is 0. The molecule has 1 aliphatic rings. The van der Waals surface area contributed by atoms with Gasteiger partial charge in [0.15, 0.2) is 0 Å². The molecule has 2 rings (SSSR count). The van der Waals surface area contributed by atoms with E-state index in [1.807, 2.05) is 0 Å². The SMILES string of the molecule is COCCc1ccccc1NC1CCCC(C)C1. The van der Waals surface area contributed by atoms with Crippen LogP contribution < -0.4 is 5.32 Å². The fourth-order valence-electron chi connectivity index (χ4n) is 2.88. The van der Waals surface area contributed by atoms with Crippen molar-refractivity contribution in [1.29, 1.82) is 0 Å². The first-order valence-electron chi connectivity index (χ1n) is 7.13. The number of nitrogens with one attached hydrogen (secondary N) is 1. The molecule has 1 saturated carbocycles. The van der Waals surface area contributed by atoms with E-state index in [9.17, 15) is 0 Å². The van der Waals surface area contributed by atoms with Crippen molar-refractivity contribution in [2.45, 2.75) is 45.1 Å². The van der Waals surface area contributed by atoms with Gasteiger partial charge in [0.2, 0.25) is 0 Å². The molecule has 100 valence electrons. The van der Waals surface area contributed by atoms with Crippen molar-refractivity contribution in [3.63, 3.8) is 0 Å². The summed E-state index contributed by atoms with van der Waals surface area (Å²) in [6.07, 6.45) is 6.35. The Labute approximate surface area is 111 Å². The highest BCUT2D eigenvalue weighted by Crippen LogP contribution is 2.27. The van der Waals surface area contributed by atoms with Crippen molar-refractivity contribution < 1.29 is 4.74 Å². The van der Waals surface area contributed by atoms with Gasteiger partial charge in [-0.25, -0.2) is 0 Å².